The predicted octanol–water partition coefficient (Wildman–Crippen LogP) is 2.08. The number of anilines is 2. The first-order valence-electron chi connectivity index (χ1n) is 11.8. The van der Waals surface area contributed by atoms with Gasteiger partial charge in [0.1, 0.15) is 0 Å². The van der Waals surface area contributed by atoms with Gasteiger partial charge < -0.3 is 20.0 Å². The lowest BCUT2D eigenvalue weighted by molar-refractivity contribution is -0.192. The number of imidazole rings is 1. The molecule has 2 aliphatic heterocycles. The van der Waals surface area contributed by atoms with Gasteiger partial charge in [0, 0.05) is 33.2 Å². The number of hydrogen-bond acceptors (Lipinski definition) is 7. The van der Waals surface area contributed by atoms with Crippen LogP contribution in [0.2, 0.25) is 0 Å². The van der Waals surface area contributed by atoms with E-state index in [0.29, 0.717) is 43.2 Å². The minimum absolute atomic E-state index is 0.180. The molecule has 1 atom stereocenters. The Balaban J connectivity index is 0.000000479. The second-order valence-corrected chi connectivity index (χ2v) is 8.85. The molecule has 0 aromatic carbocycles. The van der Waals surface area contributed by atoms with Gasteiger partial charge in [0.2, 0.25) is 11.9 Å². The van der Waals surface area contributed by atoms with Crippen LogP contribution in [0, 0.1) is 17.8 Å². The molecule has 202 valence electrons. The molecule has 4 rings (SSSR count). The van der Waals surface area contributed by atoms with Crippen LogP contribution >= 0.6 is 0 Å². The number of carboxylic acids is 2. The van der Waals surface area contributed by atoms with Gasteiger partial charge in [-0.25, -0.2) is 4.79 Å². The molecule has 2 aliphatic rings. The Labute approximate surface area is 210 Å². The molecule has 4 heterocycles. The molecule has 11 nitrogen and oxygen atoms in total. The number of halogens is 3. The van der Waals surface area contributed by atoms with E-state index >= 15 is 0 Å². The summed E-state index contributed by atoms with van der Waals surface area (Å²) in [5.41, 5.74) is 0.682. The topological polar surface area (TPSA) is 134 Å². The highest BCUT2D eigenvalue weighted by Gasteiger charge is 2.38. The van der Waals surface area contributed by atoms with E-state index in [1.54, 1.807) is 14.0 Å². The minimum atomic E-state index is -5.08. The largest absolute Gasteiger partial charge is 0.490 e. The SMILES string of the molecule is CC#CCn1c(N2CCCCC2)nc2nc(N3CCCC(C(=O)O)C3)n(C)c(=O)c21.O=C(O)C(F)(F)F. The molecule has 37 heavy (non-hydrogen) atoms. The van der Waals surface area contributed by atoms with Crippen molar-refractivity contribution in [1.29, 1.82) is 0 Å². The van der Waals surface area contributed by atoms with Crippen LogP contribution in [-0.4, -0.2) is 73.6 Å². The van der Waals surface area contributed by atoms with Gasteiger partial charge >= 0.3 is 18.1 Å². The zero-order valence-corrected chi connectivity index (χ0v) is 20.6. The summed E-state index contributed by atoms with van der Waals surface area (Å²) < 4.78 is 35.1. The van der Waals surface area contributed by atoms with Crippen LogP contribution in [0.3, 0.4) is 0 Å². The van der Waals surface area contributed by atoms with Crippen LogP contribution < -0.4 is 15.4 Å². The van der Waals surface area contributed by atoms with E-state index in [2.05, 4.69) is 16.7 Å². The van der Waals surface area contributed by atoms with Crippen molar-refractivity contribution in [3.05, 3.63) is 10.4 Å². The van der Waals surface area contributed by atoms with E-state index < -0.39 is 24.0 Å². The Hall–Kier alpha value is -3.76. The second-order valence-electron chi connectivity index (χ2n) is 8.85. The fourth-order valence-electron chi connectivity index (χ4n) is 4.42. The van der Waals surface area contributed by atoms with Gasteiger partial charge in [0.25, 0.3) is 5.56 Å². The summed E-state index contributed by atoms with van der Waals surface area (Å²) in [6.07, 6.45) is -0.279. The molecule has 14 heteroatoms. The van der Waals surface area contributed by atoms with Gasteiger partial charge in [0.05, 0.1) is 12.5 Å². The van der Waals surface area contributed by atoms with E-state index in [0.717, 1.165) is 38.3 Å². The molecule has 0 amide bonds. The van der Waals surface area contributed by atoms with Gasteiger partial charge in [-0.05, 0) is 39.0 Å². The average Bonchev–Trinajstić information content (AvgIpc) is 3.23. The van der Waals surface area contributed by atoms with Gasteiger partial charge in [0.15, 0.2) is 11.2 Å². The monoisotopic (exact) mass is 526 g/mol. The maximum absolute atomic E-state index is 13.3. The first-order chi connectivity index (χ1) is 17.5. The van der Waals surface area contributed by atoms with Crippen molar-refractivity contribution in [1.82, 2.24) is 19.1 Å². The summed E-state index contributed by atoms with van der Waals surface area (Å²) in [6, 6.07) is 0. The summed E-state index contributed by atoms with van der Waals surface area (Å²) in [5.74, 6) is 3.18. The van der Waals surface area contributed by atoms with Crippen molar-refractivity contribution in [2.75, 3.05) is 36.0 Å². The summed E-state index contributed by atoms with van der Waals surface area (Å²) in [5, 5.41) is 16.5. The molecule has 0 spiro atoms. The van der Waals surface area contributed by atoms with Gasteiger partial charge in [-0.15, -0.1) is 5.92 Å². The van der Waals surface area contributed by atoms with Crippen molar-refractivity contribution < 1.29 is 33.0 Å². The van der Waals surface area contributed by atoms with Crippen LogP contribution in [0.25, 0.3) is 11.2 Å². The number of carbonyl (C=O) groups is 2. The van der Waals surface area contributed by atoms with Crippen LogP contribution in [0.1, 0.15) is 39.0 Å². The van der Waals surface area contributed by atoms with E-state index in [9.17, 15) is 27.9 Å². The number of alkyl halides is 3. The third-order valence-corrected chi connectivity index (χ3v) is 6.29. The van der Waals surface area contributed by atoms with Crippen molar-refractivity contribution >= 4 is 35.0 Å². The number of nitrogens with zero attached hydrogens (tertiary/aromatic N) is 6. The molecule has 2 N–H and O–H groups in total. The highest BCUT2D eigenvalue weighted by molar-refractivity contribution is 5.76. The first-order valence-corrected chi connectivity index (χ1v) is 11.8. The fraction of sp³-hybridized carbons (Fsp3) is 0.609. The quantitative estimate of drug-likeness (QED) is 0.575. The number of hydrogen-bond donors (Lipinski definition) is 2. The van der Waals surface area contributed by atoms with Crippen molar-refractivity contribution in [3.63, 3.8) is 0 Å². The number of carboxylic acid groups (broad SMARTS) is 2. The van der Waals surface area contributed by atoms with Crippen molar-refractivity contribution in [3.8, 4) is 11.8 Å². The maximum atomic E-state index is 13.3. The lowest BCUT2D eigenvalue weighted by Gasteiger charge is -2.32. The average molecular weight is 527 g/mol. The molecule has 2 fully saturated rings. The zero-order chi connectivity index (χ0) is 27.3. The Morgan fingerprint density at radius 2 is 1.62 bits per heavy atom. The lowest BCUT2D eigenvalue weighted by atomic mass is 9.99. The summed E-state index contributed by atoms with van der Waals surface area (Å²) in [4.78, 5) is 47.3. The van der Waals surface area contributed by atoms with E-state index in [1.807, 2.05) is 9.47 Å². The normalized spacial score (nSPS) is 18.0. The molecule has 2 aromatic rings. The summed E-state index contributed by atoms with van der Waals surface area (Å²) in [7, 11) is 1.69. The third kappa shape index (κ3) is 6.33. The number of aliphatic carboxylic acids is 2. The summed E-state index contributed by atoms with van der Waals surface area (Å²) >= 11 is 0. The molecule has 2 aromatic heterocycles. The van der Waals surface area contributed by atoms with Crippen molar-refractivity contribution in [2.24, 2.45) is 13.0 Å². The van der Waals surface area contributed by atoms with Crippen LogP contribution in [0.15, 0.2) is 4.79 Å². The number of fused-ring (bicyclic) bond motifs is 1. The number of piperidine rings is 2. The Morgan fingerprint density at radius 1 is 1.03 bits per heavy atom. The van der Waals surface area contributed by atoms with Gasteiger partial charge in [-0.1, -0.05) is 5.92 Å². The standard InChI is InChI=1S/C21H28N6O3.C2HF3O2/c1-3-4-13-27-16-17(23-21(27)25-10-6-5-7-11-25)22-20(24(2)18(16)28)26-12-8-9-15(14-26)19(29)30;3-2(4,5)1(6)7/h15H,5-14H2,1-2H3,(H,29,30);(H,6,7). The number of rotatable bonds is 4. The molecule has 1 unspecified atom stereocenters. The van der Waals surface area contributed by atoms with Gasteiger partial charge in [-0.2, -0.15) is 23.1 Å². The van der Waals surface area contributed by atoms with E-state index in [-0.39, 0.29) is 5.56 Å². The van der Waals surface area contributed by atoms with Gasteiger partial charge in [-0.3, -0.25) is 18.7 Å². The molecule has 0 bridgehead atoms. The Kier molecular flexibility index (Phi) is 8.67. The van der Waals surface area contributed by atoms with Crippen LogP contribution in [0.5, 0.6) is 0 Å². The third-order valence-electron chi connectivity index (χ3n) is 6.29. The highest BCUT2D eigenvalue weighted by Crippen LogP contribution is 2.26. The highest BCUT2D eigenvalue weighted by atomic mass is 19.4. The van der Waals surface area contributed by atoms with E-state index in [4.69, 9.17) is 19.9 Å². The Morgan fingerprint density at radius 3 is 2.19 bits per heavy atom. The smallest absolute Gasteiger partial charge is 0.481 e. The first kappa shape index (κ1) is 27.8. The van der Waals surface area contributed by atoms with E-state index in [1.165, 1.54) is 11.0 Å². The van der Waals surface area contributed by atoms with Crippen LogP contribution in [-0.2, 0) is 23.2 Å². The summed E-state index contributed by atoms with van der Waals surface area (Å²) in [6.45, 7) is 5.01. The van der Waals surface area contributed by atoms with Crippen LogP contribution in [0.4, 0.5) is 25.1 Å². The Bertz CT molecular complexity index is 1270. The molecular weight excluding hydrogens is 497 g/mol. The molecular formula is C23H29F3N6O5. The fourth-order valence-corrected chi connectivity index (χ4v) is 4.42. The second kappa shape index (κ2) is 11.5. The maximum Gasteiger partial charge on any atom is 0.490 e. The van der Waals surface area contributed by atoms with Crippen molar-refractivity contribution in [2.45, 2.75) is 51.7 Å². The molecule has 0 saturated carbocycles. The molecule has 0 aliphatic carbocycles. The number of aromatic nitrogens is 4. The lowest BCUT2D eigenvalue weighted by Crippen LogP contribution is -2.42. The molecule has 0 radical (unpaired) electrons. The zero-order valence-electron chi connectivity index (χ0n) is 20.6. The predicted molar refractivity (Wildman–Crippen MR) is 129 cm³/mol. The minimum Gasteiger partial charge on any atom is -0.481 e. The molecule has 2 saturated heterocycles.